The van der Waals surface area contributed by atoms with Crippen LogP contribution in [0.3, 0.4) is 0 Å². The SMILES string of the molecule is Nc1cc(F)c(S(=O)(=O)NC2CCCCCC2O)c(F)c1. The third-order valence-corrected chi connectivity index (χ3v) is 5.12. The highest BCUT2D eigenvalue weighted by Gasteiger charge is 2.31. The third kappa shape index (κ3) is 3.69. The Kier molecular flexibility index (Phi) is 4.80. The number of aliphatic hydroxyl groups is 1. The van der Waals surface area contributed by atoms with Gasteiger partial charge in [-0.3, -0.25) is 0 Å². The van der Waals surface area contributed by atoms with E-state index < -0.39 is 38.7 Å². The lowest BCUT2D eigenvalue weighted by Gasteiger charge is -2.22. The summed E-state index contributed by atoms with van der Waals surface area (Å²) in [5.74, 6) is -2.49. The van der Waals surface area contributed by atoms with Crippen LogP contribution in [0.5, 0.6) is 0 Å². The second-order valence-electron chi connectivity index (χ2n) is 5.25. The lowest BCUT2D eigenvalue weighted by Crippen LogP contribution is -2.43. The largest absolute Gasteiger partial charge is 0.399 e. The summed E-state index contributed by atoms with van der Waals surface area (Å²) in [4.78, 5) is -1.06. The van der Waals surface area contributed by atoms with Gasteiger partial charge >= 0.3 is 0 Å². The minimum Gasteiger partial charge on any atom is -0.399 e. The van der Waals surface area contributed by atoms with Crippen LogP contribution >= 0.6 is 0 Å². The zero-order chi connectivity index (χ0) is 15.6. The van der Waals surface area contributed by atoms with E-state index in [1.165, 1.54) is 0 Å². The maximum absolute atomic E-state index is 13.7. The molecule has 8 heteroatoms. The summed E-state index contributed by atoms with van der Waals surface area (Å²) in [6.45, 7) is 0. The molecule has 0 aliphatic heterocycles. The smallest absolute Gasteiger partial charge is 0.246 e. The average molecular weight is 320 g/mol. The number of nitrogens with one attached hydrogen (secondary N) is 1. The van der Waals surface area contributed by atoms with Gasteiger partial charge in [0.15, 0.2) is 4.90 Å². The van der Waals surface area contributed by atoms with Crippen molar-refractivity contribution in [1.82, 2.24) is 4.72 Å². The number of benzene rings is 1. The lowest BCUT2D eigenvalue weighted by atomic mass is 10.1. The topological polar surface area (TPSA) is 92.4 Å². The van der Waals surface area contributed by atoms with Crippen LogP contribution in [-0.2, 0) is 10.0 Å². The number of hydrogen-bond donors (Lipinski definition) is 3. The third-order valence-electron chi connectivity index (χ3n) is 3.58. The summed E-state index contributed by atoms with van der Waals surface area (Å²) in [7, 11) is -4.40. The molecule has 0 bridgehead atoms. The van der Waals surface area contributed by atoms with Gasteiger partial charge in [-0.05, 0) is 25.0 Å². The van der Waals surface area contributed by atoms with Gasteiger partial charge in [0.1, 0.15) is 11.6 Å². The minimum absolute atomic E-state index is 0.196. The van der Waals surface area contributed by atoms with E-state index in [0.29, 0.717) is 12.8 Å². The number of anilines is 1. The number of sulfonamides is 1. The van der Waals surface area contributed by atoms with E-state index in [2.05, 4.69) is 4.72 Å². The molecule has 21 heavy (non-hydrogen) atoms. The summed E-state index contributed by atoms with van der Waals surface area (Å²) >= 11 is 0. The van der Waals surface area contributed by atoms with Crippen LogP contribution < -0.4 is 10.5 Å². The van der Waals surface area contributed by atoms with Gasteiger partial charge in [-0.25, -0.2) is 21.9 Å². The van der Waals surface area contributed by atoms with Crippen LogP contribution in [0.1, 0.15) is 32.1 Å². The van der Waals surface area contributed by atoms with Gasteiger partial charge in [0, 0.05) is 11.7 Å². The Balaban J connectivity index is 2.30. The highest BCUT2D eigenvalue weighted by molar-refractivity contribution is 7.89. The zero-order valence-corrected chi connectivity index (χ0v) is 12.2. The zero-order valence-electron chi connectivity index (χ0n) is 11.4. The number of nitrogens with two attached hydrogens (primary N) is 1. The number of rotatable bonds is 3. The monoisotopic (exact) mass is 320 g/mol. The predicted molar refractivity (Wildman–Crippen MR) is 74.0 cm³/mol. The second-order valence-corrected chi connectivity index (χ2v) is 6.90. The van der Waals surface area contributed by atoms with Crippen LogP contribution in [-0.4, -0.2) is 25.7 Å². The molecule has 118 valence electrons. The molecule has 1 aromatic rings. The van der Waals surface area contributed by atoms with Gasteiger partial charge in [-0.2, -0.15) is 0 Å². The molecule has 0 radical (unpaired) electrons. The highest BCUT2D eigenvalue weighted by atomic mass is 32.2. The van der Waals surface area contributed by atoms with E-state index in [9.17, 15) is 22.3 Å². The summed E-state index contributed by atoms with van der Waals surface area (Å²) in [6.07, 6.45) is 2.46. The van der Waals surface area contributed by atoms with Crippen LogP contribution in [0.4, 0.5) is 14.5 Å². The van der Waals surface area contributed by atoms with Crippen molar-refractivity contribution in [3.63, 3.8) is 0 Å². The molecular weight excluding hydrogens is 302 g/mol. The Morgan fingerprint density at radius 2 is 1.71 bits per heavy atom. The fraction of sp³-hybridized carbons (Fsp3) is 0.538. The standard InChI is InChI=1S/C13H18F2N2O3S/c14-9-6-8(16)7-10(15)13(9)21(19,20)17-11-4-2-1-3-5-12(11)18/h6-7,11-12,17-18H,1-5,16H2. The lowest BCUT2D eigenvalue weighted by molar-refractivity contribution is 0.130. The highest BCUT2D eigenvalue weighted by Crippen LogP contribution is 2.24. The van der Waals surface area contributed by atoms with Crippen molar-refractivity contribution in [1.29, 1.82) is 0 Å². The molecule has 0 saturated heterocycles. The predicted octanol–water partition coefficient (Wildman–Crippen LogP) is 1.52. The first-order valence-electron chi connectivity index (χ1n) is 6.76. The fourth-order valence-electron chi connectivity index (χ4n) is 2.52. The van der Waals surface area contributed by atoms with Gasteiger partial charge in [-0.15, -0.1) is 0 Å². The first kappa shape index (κ1) is 16.1. The molecule has 1 aliphatic carbocycles. The second kappa shape index (κ2) is 6.25. The Morgan fingerprint density at radius 1 is 1.14 bits per heavy atom. The van der Waals surface area contributed by atoms with E-state index in [-0.39, 0.29) is 5.69 Å². The molecule has 1 aliphatic rings. The molecule has 0 heterocycles. The van der Waals surface area contributed by atoms with E-state index in [1.54, 1.807) is 0 Å². The Morgan fingerprint density at radius 3 is 2.33 bits per heavy atom. The number of aliphatic hydroxyl groups excluding tert-OH is 1. The molecule has 2 rings (SSSR count). The van der Waals surface area contributed by atoms with Crippen LogP contribution in [0.15, 0.2) is 17.0 Å². The van der Waals surface area contributed by atoms with Crippen molar-refractivity contribution >= 4 is 15.7 Å². The molecule has 5 nitrogen and oxygen atoms in total. The van der Waals surface area contributed by atoms with Crippen molar-refractivity contribution in [3.8, 4) is 0 Å². The molecule has 1 aromatic carbocycles. The van der Waals surface area contributed by atoms with Gasteiger partial charge in [0.2, 0.25) is 10.0 Å². The molecule has 0 aromatic heterocycles. The van der Waals surface area contributed by atoms with Gasteiger partial charge < -0.3 is 10.8 Å². The molecule has 0 spiro atoms. The van der Waals surface area contributed by atoms with E-state index in [0.717, 1.165) is 31.4 Å². The summed E-state index contributed by atoms with van der Waals surface area (Å²) in [5.41, 5.74) is 5.07. The van der Waals surface area contributed by atoms with E-state index in [1.807, 2.05) is 0 Å². The number of hydrogen-bond acceptors (Lipinski definition) is 4. The Labute approximate surface area is 122 Å². The maximum atomic E-state index is 13.7. The summed E-state index contributed by atoms with van der Waals surface area (Å²) in [5, 5.41) is 9.91. The maximum Gasteiger partial charge on any atom is 0.246 e. The summed E-state index contributed by atoms with van der Waals surface area (Å²) < 4.78 is 54.0. The number of halogens is 2. The van der Waals surface area contributed by atoms with Crippen LogP contribution in [0.25, 0.3) is 0 Å². The molecule has 2 unspecified atom stereocenters. The van der Waals surface area contributed by atoms with Crippen LogP contribution in [0.2, 0.25) is 0 Å². The Bertz CT molecular complexity index is 599. The minimum atomic E-state index is -4.40. The van der Waals surface area contributed by atoms with E-state index in [4.69, 9.17) is 5.73 Å². The normalized spacial score (nSPS) is 23.8. The quantitative estimate of drug-likeness (QED) is 0.581. The fourth-order valence-corrected chi connectivity index (χ4v) is 3.94. The Hall–Kier alpha value is -1.25. The van der Waals surface area contributed by atoms with Crippen molar-refractivity contribution in [2.75, 3.05) is 5.73 Å². The molecule has 4 N–H and O–H groups in total. The molecule has 0 amide bonds. The van der Waals surface area contributed by atoms with Crippen molar-refractivity contribution in [2.24, 2.45) is 0 Å². The first-order chi connectivity index (χ1) is 9.81. The van der Waals surface area contributed by atoms with Crippen LogP contribution in [0, 0.1) is 11.6 Å². The molecule has 1 fully saturated rings. The van der Waals surface area contributed by atoms with Crippen molar-refractivity contribution in [2.45, 2.75) is 49.1 Å². The van der Waals surface area contributed by atoms with E-state index >= 15 is 0 Å². The van der Waals surface area contributed by atoms with Gasteiger partial charge in [0.25, 0.3) is 0 Å². The molecule has 1 saturated carbocycles. The van der Waals surface area contributed by atoms with Gasteiger partial charge in [-0.1, -0.05) is 19.3 Å². The average Bonchev–Trinajstić information content (AvgIpc) is 2.52. The number of nitrogen functional groups attached to an aromatic ring is 1. The summed E-state index contributed by atoms with van der Waals surface area (Å²) in [6, 6.07) is 0.761. The molecular formula is C13H18F2N2O3S. The first-order valence-corrected chi connectivity index (χ1v) is 8.24. The van der Waals surface area contributed by atoms with Crippen molar-refractivity contribution < 1.29 is 22.3 Å². The van der Waals surface area contributed by atoms with Crippen molar-refractivity contribution in [3.05, 3.63) is 23.8 Å². The molecule has 2 atom stereocenters. The van der Waals surface area contributed by atoms with Gasteiger partial charge in [0.05, 0.1) is 6.10 Å².